The molecule has 0 saturated carbocycles. The van der Waals surface area contributed by atoms with E-state index in [1.54, 1.807) is 13.8 Å². The maximum absolute atomic E-state index is 14.2. The van der Waals surface area contributed by atoms with E-state index >= 15 is 0 Å². The van der Waals surface area contributed by atoms with Crippen LogP contribution in [0.15, 0.2) is 18.2 Å². The Morgan fingerprint density at radius 2 is 1.33 bits per heavy atom. The number of aryl methyl sites for hydroxylation is 3. The van der Waals surface area contributed by atoms with Gasteiger partial charge in [-0.2, -0.15) is 0 Å². The Bertz CT molecular complexity index is 719. The second-order valence-electron chi connectivity index (χ2n) is 5.52. The predicted molar refractivity (Wildman–Crippen MR) is 79.9 cm³/mol. The van der Waals surface area contributed by atoms with Crippen molar-refractivity contribution >= 4 is 5.78 Å². The molecule has 0 heterocycles. The lowest BCUT2D eigenvalue weighted by atomic mass is 9.88. The molecule has 110 valence electrons. The van der Waals surface area contributed by atoms with E-state index in [0.717, 1.165) is 28.3 Å². The van der Waals surface area contributed by atoms with Crippen LogP contribution in [0.1, 0.15) is 43.7 Å². The van der Waals surface area contributed by atoms with Crippen molar-refractivity contribution in [1.29, 1.82) is 0 Å². The van der Waals surface area contributed by atoms with E-state index in [4.69, 9.17) is 0 Å². The quantitative estimate of drug-likeness (QED) is 0.730. The molecule has 21 heavy (non-hydrogen) atoms. The van der Waals surface area contributed by atoms with Crippen LogP contribution in [0.2, 0.25) is 0 Å². The Morgan fingerprint density at radius 3 is 1.86 bits per heavy atom. The van der Waals surface area contributed by atoms with Gasteiger partial charge in [-0.1, -0.05) is 12.1 Å². The highest BCUT2D eigenvalue weighted by atomic mass is 19.1. The molecule has 0 aliphatic carbocycles. The summed E-state index contributed by atoms with van der Waals surface area (Å²) in [5, 5.41) is 0. The number of hydrogen-bond acceptors (Lipinski definition) is 1. The third-order valence-electron chi connectivity index (χ3n) is 4.10. The Balaban J connectivity index is 2.76. The topological polar surface area (TPSA) is 17.1 Å². The Hall–Kier alpha value is -2.03. The second-order valence-corrected chi connectivity index (χ2v) is 5.52. The summed E-state index contributed by atoms with van der Waals surface area (Å²) in [4.78, 5) is 12.7. The molecule has 0 radical (unpaired) electrons. The molecule has 0 fully saturated rings. The number of carbonyl (C=O) groups is 1. The van der Waals surface area contributed by atoms with Gasteiger partial charge in [-0.15, -0.1) is 0 Å². The van der Waals surface area contributed by atoms with Crippen LogP contribution in [0.4, 0.5) is 8.78 Å². The van der Waals surface area contributed by atoms with Crippen molar-refractivity contribution in [2.24, 2.45) is 0 Å². The molecule has 0 saturated heterocycles. The van der Waals surface area contributed by atoms with Crippen molar-refractivity contribution in [3.05, 3.63) is 68.8 Å². The molecule has 0 aliphatic rings. The summed E-state index contributed by atoms with van der Waals surface area (Å²) in [5.41, 5.74) is 3.61. The molecule has 0 aliphatic heterocycles. The maximum Gasteiger partial charge on any atom is 0.199 e. The highest BCUT2D eigenvalue weighted by molar-refractivity contribution is 6.11. The molecule has 2 rings (SSSR count). The molecule has 1 nitrogen and oxygen atoms in total. The first-order valence-corrected chi connectivity index (χ1v) is 6.82. The van der Waals surface area contributed by atoms with Crippen molar-refractivity contribution in [3.8, 4) is 0 Å². The lowest BCUT2D eigenvalue weighted by Gasteiger charge is -2.15. The fourth-order valence-electron chi connectivity index (χ4n) is 2.55. The van der Waals surface area contributed by atoms with Gasteiger partial charge >= 0.3 is 0 Å². The Morgan fingerprint density at radius 1 is 0.810 bits per heavy atom. The third kappa shape index (κ3) is 2.48. The zero-order valence-electron chi connectivity index (χ0n) is 12.9. The van der Waals surface area contributed by atoms with Crippen LogP contribution in [0, 0.1) is 46.3 Å². The first-order chi connectivity index (χ1) is 9.75. The molecular formula is C18H18F2O. The van der Waals surface area contributed by atoms with Gasteiger partial charge in [0.1, 0.15) is 11.6 Å². The monoisotopic (exact) mass is 288 g/mol. The van der Waals surface area contributed by atoms with Gasteiger partial charge in [-0.3, -0.25) is 4.79 Å². The van der Waals surface area contributed by atoms with Crippen LogP contribution < -0.4 is 0 Å². The van der Waals surface area contributed by atoms with Crippen LogP contribution in [0.25, 0.3) is 0 Å². The van der Waals surface area contributed by atoms with Crippen LogP contribution in [0.5, 0.6) is 0 Å². The van der Waals surface area contributed by atoms with Crippen molar-refractivity contribution < 1.29 is 13.6 Å². The molecule has 0 unspecified atom stereocenters. The SMILES string of the molecule is Cc1cc(C)c(C)c(C(=O)c2c(F)ccc(C)c2F)c1C. The predicted octanol–water partition coefficient (Wildman–Crippen LogP) is 4.74. The van der Waals surface area contributed by atoms with E-state index in [9.17, 15) is 13.6 Å². The Labute approximate surface area is 123 Å². The van der Waals surface area contributed by atoms with Crippen LogP contribution in [0.3, 0.4) is 0 Å². The molecule has 3 heteroatoms. The minimum Gasteiger partial charge on any atom is -0.288 e. The number of hydrogen-bond donors (Lipinski definition) is 0. The summed E-state index contributed by atoms with van der Waals surface area (Å²) in [5.74, 6) is -2.19. The first-order valence-electron chi connectivity index (χ1n) is 6.82. The van der Waals surface area contributed by atoms with E-state index in [0.29, 0.717) is 5.56 Å². The van der Waals surface area contributed by atoms with Gasteiger partial charge < -0.3 is 0 Å². The summed E-state index contributed by atoms with van der Waals surface area (Å²) >= 11 is 0. The normalized spacial score (nSPS) is 10.8. The fraction of sp³-hybridized carbons (Fsp3) is 0.278. The van der Waals surface area contributed by atoms with E-state index in [2.05, 4.69) is 0 Å². The van der Waals surface area contributed by atoms with E-state index in [1.165, 1.54) is 13.0 Å². The van der Waals surface area contributed by atoms with Crippen LogP contribution >= 0.6 is 0 Å². The van der Waals surface area contributed by atoms with Gasteiger partial charge in [0, 0.05) is 5.56 Å². The highest BCUT2D eigenvalue weighted by Crippen LogP contribution is 2.27. The molecule has 0 aromatic heterocycles. The van der Waals surface area contributed by atoms with E-state index < -0.39 is 23.0 Å². The molecule has 0 amide bonds. The molecule has 2 aromatic rings. The first kappa shape index (κ1) is 15.4. The maximum atomic E-state index is 14.2. The second kappa shape index (κ2) is 5.40. The van der Waals surface area contributed by atoms with Gasteiger partial charge in [0.2, 0.25) is 0 Å². The average Bonchev–Trinajstić information content (AvgIpc) is 2.41. The van der Waals surface area contributed by atoms with Crippen molar-refractivity contribution in [1.82, 2.24) is 0 Å². The van der Waals surface area contributed by atoms with Crippen molar-refractivity contribution in [2.75, 3.05) is 0 Å². The summed E-state index contributed by atoms with van der Waals surface area (Å²) in [6.45, 7) is 8.91. The van der Waals surface area contributed by atoms with Gasteiger partial charge in [0.05, 0.1) is 5.56 Å². The average molecular weight is 288 g/mol. The third-order valence-corrected chi connectivity index (χ3v) is 4.10. The van der Waals surface area contributed by atoms with Gasteiger partial charge in [0.15, 0.2) is 5.78 Å². The number of halogens is 2. The van der Waals surface area contributed by atoms with E-state index in [-0.39, 0.29) is 5.56 Å². The highest BCUT2D eigenvalue weighted by Gasteiger charge is 2.24. The molecule has 0 atom stereocenters. The van der Waals surface area contributed by atoms with Crippen molar-refractivity contribution in [3.63, 3.8) is 0 Å². The van der Waals surface area contributed by atoms with Crippen molar-refractivity contribution in [2.45, 2.75) is 34.6 Å². The Kier molecular flexibility index (Phi) is 3.95. The largest absolute Gasteiger partial charge is 0.288 e. The zero-order valence-corrected chi connectivity index (χ0v) is 12.9. The molecule has 0 N–H and O–H groups in total. The van der Waals surface area contributed by atoms with Crippen LogP contribution in [-0.2, 0) is 0 Å². The summed E-state index contributed by atoms with van der Waals surface area (Å²) < 4.78 is 28.2. The van der Waals surface area contributed by atoms with Crippen LogP contribution in [-0.4, -0.2) is 5.78 Å². The number of rotatable bonds is 2. The lowest BCUT2D eigenvalue weighted by Crippen LogP contribution is -2.13. The number of carbonyl (C=O) groups excluding carboxylic acids is 1. The smallest absolute Gasteiger partial charge is 0.199 e. The number of ketones is 1. The molecule has 0 bridgehead atoms. The zero-order chi connectivity index (χ0) is 15.9. The molecule has 2 aromatic carbocycles. The summed E-state index contributed by atoms with van der Waals surface area (Å²) in [6, 6.07) is 4.45. The minimum atomic E-state index is -0.818. The van der Waals surface area contributed by atoms with E-state index in [1.807, 2.05) is 19.9 Å². The molecule has 0 spiro atoms. The molecular weight excluding hydrogens is 270 g/mol. The lowest BCUT2D eigenvalue weighted by molar-refractivity contribution is 0.102. The fourth-order valence-corrected chi connectivity index (χ4v) is 2.55. The standard InChI is InChI=1S/C18H18F2O/c1-9-6-7-14(19)16(17(9)20)18(21)15-12(4)10(2)8-11(3)13(15)5/h6-8H,1-5H3. The van der Waals surface area contributed by atoms with Gasteiger partial charge in [-0.25, -0.2) is 8.78 Å². The number of benzene rings is 2. The summed E-state index contributed by atoms with van der Waals surface area (Å²) in [7, 11) is 0. The van der Waals surface area contributed by atoms with Gasteiger partial charge in [-0.05, 0) is 68.5 Å². The minimum absolute atomic E-state index is 0.263. The summed E-state index contributed by atoms with van der Waals surface area (Å²) in [6.07, 6.45) is 0. The van der Waals surface area contributed by atoms with Gasteiger partial charge in [0.25, 0.3) is 0 Å².